The number of halogens is 1. The molecular weight excluding hydrogens is 402 g/mol. The number of rotatable bonds is 3. The van der Waals surface area contributed by atoms with Crippen LogP contribution >= 0.6 is 11.6 Å². The Morgan fingerprint density at radius 1 is 1.30 bits per heavy atom. The molecule has 0 atom stereocenters. The fraction of sp³-hybridized carbons (Fsp3) is 0.500. The van der Waals surface area contributed by atoms with E-state index >= 15 is 0 Å². The molecule has 0 radical (unpaired) electrons. The first-order valence-corrected chi connectivity index (χ1v) is 10.7. The number of carbonyl (C=O) groups excluding carboxylic acids is 2. The highest BCUT2D eigenvalue weighted by atomic mass is 35.5. The van der Waals surface area contributed by atoms with Crippen LogP contribution in [0.2, 0.25) is 5.02 Å². The van der Waals surface area contributed by atoms with Gasteiger partial charge in [-0.25, -0.2) is 4.79 Å². The summed E-state index contributed by atoms with van der Waals surface area (Å²) in [5.74, 6) is -0.551. The van der Waals surface area contributed by atoms with Crippen molar-refractivity contribution in [1.29, 1.82) is 0 Å². The molecule has 7 nitrogen and oxygen atoms in total. The number of carbonyl (C=O) groups is 2. The van der Waals surface area contributed by atoms with Crippen LogP contribution in [0.3, 0.4) is 0 Å². The minimum atomic E-state index is -0.551. The lowest BCUT2D eigenvalue weighted by Gasteiger charge is -2.38. The number of primary amides is 1. The zero-order chi connectivity index (χ0) is 21.8. The number of urea groups is 1. The Kier molecular flexibility index (Phi) is 4.84. The van der Waals surface area contributed by atoms with Crippen molar-refractivity contribution in [3.8, 4) is 11.3 Å². The van der Waals surface area contributed by atoms with Crippen molar-refractivity contribution in [3.63, 3.8) is 0 Å². The highest BCUT2D eigenvalue weighted by molar-refractivity contribution is 6.31. The molecule has 1 aliphatic heterocycles. The molecule has 1 spiro atoms. The maximum absolute atomic E-state index is 13.0. The summed E-state index contributed by atoms with van der Waals surface area (Å²) in [5.41, 5.74) is 8.53. The Balaban J connectivity index is 1.77. The number of nitrogens with two attached hydrogens (primary N) is 1. The third-order valence-corrected chi connectivity index (χ3v) is 6.24. The van der Waals surface area contributed by atoms with Crippen LogP contribution in [0.5, 0.6) is 0 Å². The molecule has 160 valence electrons. The van der Waals surface area contributed by atoms with E-state index in [0.29, 0.717) is 35.1 Å². The van der Waals surface area contributed by atoms with E-state index in [4.69, 9.17) is 22.4 Å². The van der Waals surface area contributed by atoms with E-state index in [1.165, 1.54) is 0 Å². The fourth-order valence-electron chi connectivity index (χ4n) is 4.16. The molecule has 1 fully saturated rings. The summed E-state index contributed by atoms with van der Waals surface area (Å²) < 4.78 is 1.85. The van der Waals surface area contributed by atoms with Crippen molar-refractivity contribution in [2.45, 2.75) is 71.1 Å². The molecule has 1 saturated carbocycles. The van der Waals surface area contributed by atoms with Crippen LogP contribution in [0.25, 0.3) is 11.3 Å². The number of aryl methyl sites for hydroxylation is 1. The second-order valence-corrected chi connectivity index (χ2v) is 9.75. The zero-order valence-electron chi connectivity index (χ0n) is 17.9. The Hall–Kier alpha value is -2.54. The van der Waals surface area contributed by atoms with E-state index in [0.717, 1.165) is 30.4 Å². The molecule has 4 rings (SSSR count). The predicted octanol–water partition coefficient (Wildman–Crippen LogP) is 3.72. The third kappa shape index (κ3) is 3.55. The van der Waals surface area contributed by atoms with Gasteiger partial charge in [-0.15, -0.1) is 0 Å². The minimum Gasteiger partial charge on any atom is -0.365 e. The standard InChI is InChI=1S/C22H28ClN5O2/c1-5-13-6-7-14(10-15(13)23)18-17(19(24)29)16-11-27(20(30)25-21(2,3)4)22(8-9-22)12-28(16)26-18/h6-7,10H,5,8-9,11-12H2,1-4H3,(H2,24,29)(H,25,30). The minimum absolute atomic E-state index is 0.125. The Labute approximate surface area is 181 Å². The number of amides is 3. The van der Waals surface area contributed by atoms with Gasteiger partial charge in [-0.3, -0.25) is 9.48 Å². The zero-order valence-corrected chi connectivity index (χ0v) is 18.6. The number of aromatic nitrogens is 2. The van der Waals surface area contributed by atoms with Gasteiger partial charge < -0.3 is 16.0 Å². The van der Waals surface area contributed by atoms with Crippen molar-refractivity contribution in [3.05, 3.63) is 40.0 Å². The van der Waals surface area contributed by atoms with E-state index in [2.05, 4.69) is 5.32 Å². The SMILES string of the molecule is CCc1ccc(-c2nn3c(c2C(N)=O)CN(C(=O)NC(C)(C)C)C2(CC2)C3)cc1Cl. The summed E-state index contributed by atoms with van der Waals surface area (Å²) >= 11 is 6.41. The summed E-state index contributed by atoms with van der Waals surface area (Å²) in [7, 11) is 0. The van der Waals surface area contributed by atoms with E-state index in [-0.39, 0.29) is 17.1 Å². The smallest absolute Gasteiger partial charge is 0.318 e. The van der Waals surface area contributed by atoms with Gasteiger partial charge in [-0.2, -0.15) is 5.10 Å². The lowest BCUT2D eigenvalue weighted by atomic mass is 10.0. The molecule has 1 aliphatic carbocycles. The molecule has 0 bridgehead atoms. The van der Waals surface area contributed by atoms with Crippen molar-refractivity contribution >= 4 is 23.5 Å². The van der Waals surface area contributed by atoms with Gasteiger partial charge in [0.15, 0.2) is 0 Å². The van der Waals surface area contributed by atoms with Crippen molar-refractivity contribution in [1.82, 2.24) is 20.0 Å². The maximum Gasteiger partial charge on any atom is 0.318 e. The second-order valence-electron chi connectivity index (χ2n) is 9.34. The van der Waals surface area contributed by atoms with Crippen LogP contribution < -0.4 is 11.1 Å². The first-order valence-electron chi connectivity index (χ1n) is 10.3. The normalized spacial score (nSPS) is 17.0. The van der Waals surface area contributed by atoms with Gasteiger partial charge >= 0.3 is 6.03 Å². The van der Waals surface area contributed by atoms with Crippen LogP contribution in [0.1, 0.15) is 62.2 Å². The quantitative estimate of drug-likeness (QED) is 0.778. The highest BCUT2D eigenvalue weighted by Gasteiger charge is 2.54. The fourth-order valence-corrected chi connectivity index (χ4v) is 4.47. The summed E-state index contributed by atoms with van der Waals surface area (Å²) in [6.07, 6.45) is 2.66. The summed E-state index contributed by atoms with van der Waals surface area (Å²) in [5, 5.41) is 8.43. The monoisotopic (exact) mass is 429 g/mol. The number of fused-ring (bicyclic) bond motifs is 1. The van der Waals surface area contributed by atoms with Gasteiger partial charge in [-0.1, -0.05) is 30.7 Å². The first kappa shape index (κ1) is 20.7. The van der Waals surface area contributed by atoms with Crippen molar-refractivity contribution in [2.24, 2.45) is 5.73 Å². The molecule has 1 aromatic heterocycles. The second kappa shape index (κ2) is 7.01. The molecule has 1 aromatic carbocycles. The van der Waals surface area contributed by atoms with Gasteiger partial charge in [0.05, 0.1) is 29.9 Å². The summed E-state index contributed by atoms with van der Waals surface area (Å²) in [4.78, 5) is 27.3. The third-order valence-electron chi connectivity index (χ3n) is 5.89. The topological polar surface area (TPSA) is 93.2 Å². The highest BCUT2D eigenvalue weighted by Crippen LogP contribution is 2.47. The first-order chi connectivity index (χ1) is 14.0. The molecule has 0 unspecified atom stereocenters. The van der Waals surface area contributed by atoms with Crippen LogP contribution in [0.4, 0.5) is 4.79 Å². The van der Waals surface area contributed by atoms with Crippen LogP contribution in [0.15, 0.2) is 18.2 Å². The van der Waals surface area contributed by atoms with Crippen molar-refractivity contribution in [2.75, 3.05) is 0 Å². The number of benzene rings is 1. The number of nitrogens with zero attached hydrogens (tertiary/aromatic N) is 3. The Morgan fingerprint density at radius 3 is 2.53 bits per heavy atom. The van der Waals surface area contributed by atoms with Gasteiger partial charge in [0.2, 0.25) is 0 Å². The van der Waals surface area contributed by atoms with E-state index < -0.39 is 5.91 Å². The average Bonchev–Trinajstić information content (AvgIpc) is 3.29. The molecule has 2 aliphatic rings. The lowest BCUT2D eigenvalue weighted by Crippen LogP contribution is -2.56. The van der Waals surface area contributed by atoms with Crippen LogP contribution in [-0.4, -0.2) is 37.7 Å². The molecule has 2 heterocycles. The van der Waals surface area contributed by atoms with Gasteiger partial charge in [0.25, 0.3) is 5.91 Å². The Morgan fingerprint density at radius 2 is 2.00 bits per heavy atom. The van der Waals surface area contributed by atoms with Gasteiger partial charge in [-0.05, 0) is 51.7 Å². The predicted molar refractivity (Wildman–Crippen MR) is 116 cm³/mol. The molecule has 2 aromatic rings. The van der Waals surface area contributed by atoms with Crippen LogP contribution in [-0.2, 0) is 19.5 Å². The van der Waals surface area contributed by atoms with Gasteiger partial charge in [0.1, 0.15) is 5.69 Å². The molecule has 8 heteroatoms. The molecule has 0 saturated heterocycles. The van der Waals surface area contributed by atoms with E-state index in [1.54, 1.807) is 0 Å². The van der Waals surface area contributed by atoms with E-state index in [1.807, 2.05) is 55.5 Å². The summed E-state index contributed by atoms with van der Waals surface area (Å²) in [6, 6.07) is 5.58. The van der Waals surface area contributed by atoms with Gasteiger partial charge in [0, 0.05) is 16.1 Å². The van der Waals surface area contributed by atoms with E-state index in [9.17, 15) is 9.59 Å². The van der Waals surface area contributed by atoms with Crippen LogP contribution in [0, 0.1) is 0 Å². The molecule has 3 amide bonds. The van der Waals surface area contributed by atoms with Crippen molar-refractivity contribution < 1.29 is 9.59 Å². The number of hydrogen-bond donors (Lipinski definition) is 2. The largest absolute Gasteiger partial charge is 0.365 e. The molecule has 3 N–H and O–H groups in total. The lowest BCUT2D eigenvalue weighted by molar-refractivity contribution is 0.0988. The summed E-state index contributed by atoms with van der Waals surface area (Å²) in [6.45, 7) is 8.76. The Bertz CT molecular complexity index is 1030. The number of hydrogen-bond acceptors (Lipinski definition) is 3. The number of nitrogens with one attached hydrogen (secondary N) is 1. The maximum atomic E-state index is 13.0. The average molecular weight is 430 g/mol. The molecular formula is C22H28ClN5O2. The molecule has 30 heavy (non-hydrogen) atoms.